The Morgan fingerprint density at radius 1 is 1.38 bits per heavy atom. The average molecular weight is 221 g/mol. The molecule has 0 fully saturated rings. The van der Waals surface area contributed by atoms with Gasteiger partial charge in [-0.1, -0.05) is 30.3 Å². The van der Waals surface area contributed by atoms with E-state index in [4.69, 9.17) is 10.5 Å². The minimum absolute atomic E-state index is 0.296. The summed E-state index contributed by atoms with van der Waals surface area (Å²) in [5, 5.41) is 0. The summed E-state index contributed by atoms with van der Waals surface area (Å²) >= 11 is 0. The fourth-order valence-corrected chi connectivity index (χ4v) is 1.54. The average Bonchev–Trinajstić information content (AvgIpc) is 2.30. The van der Waals surface area contributed by atoms with Gasteiger partial charge in [-0.25, -0.2) is 0 Å². The van der Waals surface area contributed by atoms with Crippen molar-refractivity contribution in [2.75, 3.05) is 6.61 Å². The van der Waals surface area contributed by atoms with E-state index < -0.39 is 6.04 Å². The van der Waals surface area contributed by atoms with E-state index in [1.54, 1.807) is 6.92 Å². The lowest BCUT2D eigenvalue weighted by molar-refractivity contribution is -0.144. The number of esters is 1. The first-order valence-electron chi connectivity index (χ1n) is 5.70. The van der Waals surface area contributed by atoms with Crippen molar-refractivity contribution in [3.05, 3.63) is 35.9 Å². The predicted molar refractivity (Wildman–Crippen MR) is 64.0 cm³/mol. The van der Waals surface area contributed by atoms with Crippen molar-refractivity contribution in [3.63, 3.8) is 0 Å². The molecular weight excluding hydrogens is 202 g/mol. The summed E-state index contributed by atoms with van der Waals surface area (Å²) < 4.78 is 4.84. The minimum Gasteiger partial charge on any atom is -0.465 e. The van der Waals surface area contributed by atoms with Crippen molar-refractivity contribution in [1.29, 1.82) is 0 Å². The monoisotopic (exact) mass is 221 g/mol. The molecule has 1 rings (SSSR count). The van der Waals surface area contributed by atoms with Gasteiger partial charge >= 0.3 is 5.97 Å². The highest BCUT2D eigenvalue weighted by atomic mass is 16.5. The van der Waals surface area contributed by atoms with Crippen LogP contribution in [0.1, 0.15) is 25.3 Å². The Bertz CT molecular complexity index is 311. The van der Waals surface area contributed by atoms with Gasteiger partial charge in [0, 0.05) is 0 Å². The van der Waals surface area contributed by atoms with Crippen LogP contribution in [0.3, 0.4) is 0 Å². The van der Waals surface area contributed by atoms with Crippen molar-refractivity contribution in [1.82, 2.24) is 0 Å². The highest BCUT2D eigenvalue weighted by molar-refractivity contribution is 5.75. The van der Waals surface area contributed by atoms with E-state index in [0.717, 1.165) is 12.8 Å². The summed E-state index contributed by atoms with van der Waals surface area (Å²) in [6, 6.07) is 9.70. The van der Waals surface area contributed by atoms with Gasteiger partial charge in [-0.2, -0.15) is 0 Å². The molecule has 1 unspecified atom stereocenters. The molecule has 0 aliphatic carbocycles. The molecule has 0 amide bonds. The van der Waals surface area contributed by atoms with Crippen LogP contribution in [0.4, 0.5) is 0 Å². The zero-order valence-electron chi connectivity index (χ0n) is 9.69. The van der Waals surface area contributed by atoms with E-state index in [9.17, 15) is 4.79 Å². The molecule has 0 heterocycles. The van der Waals surface area contributed by atoms with Gasteiger partial charge in [-0.15, -0.1) is 0 Å². The Morgan fingerprint density at radius 2 is 2.06 bits per heavy atom. The molecular formula is C13H19NO2. The summed E-state index contributed by atoms with van der Waals surface area (Å²) in [5.41, 5.74) is 6.97. The van der Waals surface area contributed by atoms with Gasteiger partial charge in [0.2, 0.25) is 0 Å². The molecule has 0 radical (unpaired) electrons. The Labute approximate surface area is 96.6 Å². The Morgan fingerprint density at radius 3 is 2.69 bits per heavy atom. The normalized spacial score (nSPS) is 12.1. The summed E-state index contributed by atoms with van der Waals surface area (Å²) in [4.78, 5) is 11.2. The summed E-state index contributed by atoms with van der Waals surface area (Å²) in [5.74, 6) is -0.296. The largest absolute Gasteiger partial charge is 0.465 e. The molecule has 0 aliphatic heterocycles. The number of benzene rings is 1. The number of ether oxygens (including phenoxy) is 1. The van der Waals surface area contributed by atoms with Gasteiger partial charge in [0.25, 0.3) is 0 Å². The molecule has 0 saturated heterocycles. The topological polar surface area (TPSA) is 52.3 Å². The minimum atomic E-state index is -0.483. The molecule has 1 aromatic rings. The highest BCUT2D eigenvalue weighted by Gasteiger charge is 2.13. The van der Waals surface area contributed by atoms with Gasteiger partial charge in [-0.3, -0.25) is 4.79 Å². The van der Waals surface area contributed by atoms with Gasteiger partial charge in [0.1, 0.15) is 6.04 Å². The molecule has 0 saturated carbocycles. The Balaban J connectivity index is 2.23. The van der Waals surface area contributed by atoms with Crippen LogP contribution in [0.5, 0.6) is 0 Å². The van der Waals surface area contributed by atoms with Crippen LogP contribution >= 0.6 is 0 Å². The number of hydrogen-bond donors (Lipinski definition) is 1. The van der Waals surface area contributed by atoms with Crippen LogP contribution in [0.2, 0.25) is 0 Å². The number of rotatable bonds is 6. The van der Waals surface area contributed by atoms with Crippen LogP contribution in [-0.2, 0) is 16.0 Å². The van der Waals surface area contributed by atoms with Gasteiger partial charge in [0.15, 0.2) is 0 Å². The maximum Gasteiger partial charge on any atom is 0.322 e. The number of carbonyl (C=O) groups is 1. The number of hydrogen-bond acceptors (Lipinski definition) is 3. The molecule has 0 aliphatic rings. The zero-order chi connectivity index (χ0) is 11.8. The third kappa shape index (κ3) is 4.45. The molecule has 0 aromatic heterocycles. The fourth-order valence-electron chi connectivity index (χ4n) is 1.54. The summed E-state index contributed by atoms with van der Waals surface area (Å²) in [6.07, 6.45) is 2.53. The van der Waals surface area contributed by atoms with E-state index in [-0.39, 0.29) is 5.97 Å². The number of aryl methyl sites for hydroxylation is 1. The first-order chi connectivity index (χ1) is 7.74. The first kappa shape index (κ1) is 12.7. The van der Waals surface area contributed by atoms with Crippen LogP contribution in [0.15, 0.2) is 30.3 Å². The van der Waals surface area contributed by atoms with Crippen molar-refractivity contribution < 1.29 is 9.53 Å². The number of carbonyl (C=O) groups excluding carboxylic acids is 1. The Hall–Kier alpha value is -1.35. The third-order valence-corrected chi connectivity index (χ3v) is 2.41. The molecule has 3 heteroatoms. The van der Waals surface area contributed by atoms with Crippen molar-refractivity contribution in [3.8, 4) is 0 Å². The maximum absolute atomic E-state index is 11.2. The highest BCUT2D eigenvalue weighted by Crippen LogP contribution is 2.06. The zero-order valence-corrected chi connectivity index (χ0v) is 9.69. The lowest BCUT2D eigenvalue weighted by Gasteiger charge is -2.09. The van der Waals surface area contributed by atoms with Gasteiger partial charge in [-0.05, 0) is 31.7 Å². The number of nitrogens with two attached hydrogens (primary N) is 1. The van der Waals surface area contributed by atoms with E-state index in [1.165, 1.54) is 5.56 Å². The lowest BCUT2D eigenvalue weighted by Crippen LogP contribution is -2.32. The second kappa shape index (κ2) is 7.01. The summed E-state index contributed by atoms with van der Waals surface area (Å²) in [6.45, 7) is 2.18. The van der Waals surface area contributed by atoms with Crippen LogP contribution in [-0.4, -0.2) is 18.6 Å². The molecule has 3 nitrogen and oxygen atoms in total. The summed E-state index contributed by atoms with van der Waals surface area (Å²) in [7, 11) is 0. The van der Waals surface area contributed by atoms with Crippen LogP contribution in [0.25, 0.3) is 0 Å². The van der Waals surface area contributed by atoms with Crippen molar-refractivity contribution >= 4 is 5.97 Å². The second-order valence-electron chi connectivity index (χ2n) is 3.74. The Kier molecular flexibility index (Phi) is 5.57. The van der Waals surface area contributed by atoms with Crippen LogP contribution < -0.4 is 5.73 Å². The van der Waals surface area contributed by atoms with E-state index in [1.807, 2.05) is 18.2 Å². The smallest absolute Gasteiger partial charge is 0.322 e. The predicted octanol–water partition coefficient (Wildman–Crippen LogP) is 1.90. The fraction of sp³-hybridized carbons (Fsp3) is 0.462. The lowest BCUT2D eigenvalue weighted by atomic mass is 10.1. The molecule has 1 aromatic carbocycles. The molecule has 1 atom stereocenters. The molecule has 88 valence electrons. The standard InChI is InChI=1S/C13H19NO2/c1-2-16-13(15)12(14)10-6-9-11-7-4-3-5-8-11/h3-5,7-8,12H,2,6,9-10,14H2,1H3. The third-order valence-electron chi connectivity index (χ3n) is 2.41. The van der Waals surface area contributed by atoms with Crippen molar-refractivity contribution in [2.45, 2.75) is 32.2 Å². The quantitative estimate of drug-likeness (QED) is 0.746. The van der Waals surface area contributed by atoms with E-state index >= 15 is 0 Å². The molecule has 0 bridgehead atoms. The first-order valence-corrected chi connectivity index (χ1v) is 5.70. The van der Waals surface area contributed by atoms with Gasteiger partial charge < -0.3 is 10.5 Å². The van der Waals surface area contributed by atoms with E-state index in [2.05, 4.69) is 12.1 Å². The van der Waals surface area contributed by atoms with Crippen molar-refractivity contribution in [2.24, 2.45) is 5.73 Å². The SMILES string of the molecule is CCOC(=O)C(N)CCCc1ccccc1. The second-order valence-corrected chi connectivity index (χ2v) is 3.74. The van der Waals surface area contributed by atoms with Gasteiger partial charge in [0.05, 0.1) is 6.61 Å². The molecule has 0 spiro atoms. The van der Waals surface area contributed by atoms with Crippen LogP contribution in [0, 0.1) is 0 Å². The molecule has 16 heavy (non-hydrogen) atoms. The maximum atomic E-state index is 11.2. The van der Waals surface area contributed by atoms with E-state index in [0.29, 0.717) is 13.0 Å². The molecule has 2 N–H and O–H groups in total.